The number of aromatic amines is 1. The van der Waals surface area contributed by atoms with Crippen LogP contribution in [0.2, 0.25) is 0 Å². The highest BCUT2D eigenvalue weighted by molar-refractivity contribution is 7.52. The van der Waals surface area contributed by atoms with Crippen molar-refractivity contribution in [3.63, 3.8) is 0 Å². The van der Waals surface area contributed by atoms with Crippen LogP contribution >= 0.6 is 7.60 Å². The summed E-state index contributed by atoms with van der Waals surface area (Å²) in [6, 6.07) is 7.36. The molecule has 0 atom stereocenters. The average Bonchev–Trinajstić information content (AvgIpc) is 2.70. The van der Waals surface area contributed by atoms with Gasteiger partial charge >= 0.3 is 18.7 Å². The van der Waals surface area contributed by atoms with E-state index >= 15 is 0 Å². The van der Waals surface area contributed by atoms with Crippen LogP contribution in [0, 0.1) is 21.4 Å². The molecule has 1 N–H and O–H groups in total. The number of non-ortho nitro benzene ring substituents is 1. The number of H-pyrrole nitrogens is 1. The van der Waals surface area contributed by atoms with Gasteiger partial charge in [-0.15, -0.1) is 0 Å². The molecule has 0 unspecified atom stereocenters. The minimum atomic E-state index is -3.82. The van der Waals surface area contributed by atoms with Crippen molar-refractivity contribution >= 4 is 35.1 Å². The lowest BCUT2D eigenvalue weighted by molar-refractivity contribution is -0.383. The van der Waals surface area contributed by atoms with Crippen LogP contribution in [0.3, 0.4) is 0 Å². The molecular formula is C18H17N4O7P. The molecule has 0 fully saturated rings. The van der Waals surface area contributed by atoms with E-state index in [9.17, 15) is 29.5 Å². The molecular weight excluding hydrogens is 415 g/mol. The van der Waals surface area contributed by atoms with E-state index in [1.807, 2.05) is 6.07 Å². The van der Waals surface area contributed by atoms with E-state index < -0.39 is 35.6 Å². The van der Waals surface area contributed by atoms with E-state index in [1.54, 1.807) is 13.8 Å². The predicted molar refractivity (Wildman–Crippen MR) is 109 cm³/mol. The van der Waals surface area contributed by atoms with Gasteiger partial charge in [0.1, 0.15) is 12.4 Å². The highest BCUT2D eigenvalue weighted by atomic mass is 31.2. The minimum absolute atomic E-state index is 0.0242. The van der Waals surface area contributed by atoms with E-state index in [1.165, 1.54) is 18.2 Å². The second kappa shape index (κ2) is 8.20. The van der Waals surface area contributed by atoms with Gasteiger partial charge in [0, 0.05) is 11.5 Å². The molecule has 2 aromatic carbocycles. The van der Waals surface area contributed by atoms with Crippen LogP contribution in [-0.2, 0) is 19.9 Å². The van der Waals surface area contributed by atoms with E-state index in [-0.39, 0.29) is 40.6 Å². The normalized spacial score (nSPS) is 11.6. The first-order valence-corrected chi connectivity index (χ1v) is 10.6. The maximum Gasteiger partial charge on any atom is 0.350 e. The molecule has 1 heterocycles. The molecule has 0 saturated heterocycles. The predicted octanol–water partition coefficient (Wildman–Crippen LogP) is 2.85. The summed E-state index contributed by atoms with van der Waals surface area (Å²) in [4.78, 5) is 38.3. The van der Waals surface area contributed by atoms with Crippen molar-refractivity contribution in [3.05, 3.63) is 60.7 Å². The van der Waals surface area contributed by atoms with Crippen LogP contribution in [-0.4, -0.2) is 27.7 Å². The van der Waals surface area contributed by atoms with Gasteiger partial charge in [0.25, 0.3) is 5.69 Å². The molecule has 0 bridgehead atoms. The first kappa shape index (κ1) is 21.4. The second-order valence-corrected chi connectivity index (χ2v) is 8.18. The third kappa shape index (κ3) is 3.64. The van der Waals surface area contributed by atoms with Crippen molar-refractivity contribution in [3.8, 4) is 6.07 Å². The summed E-state index contributed by atoms with van der Waals surface area (Å²) in [5.41, 5.74) is -2.41. The molecule has 0 saturated carbocycles. The van der Waals surface area contributed by atoms with Crippen molar-refractivity contribution in [1.29, 1.82) is 5.26 Å². The van der Waals surface area contributed by atoms with Crippen LogP contribution in [0.15, 0.2) is 33.9 Å². The van der Waals surface area contributed by atoms with Gasteiger partial charge in [-0.1, -0.05) is 12.1 Å². The quantitative estimate of drug-likeness (QED) is 0.196. The molecule has 11 nitrogen and oxygen atoms in total. The molecule has 0 radical (unpaired) electrons. The summed E-state index contributed by atoms with van der Waals surface area (Å²) >= 11 is 0. The zero-order valence-electron chi connectivity index (χ0n) is 16.1. The van der Waals surface area contributed by atoms with Crippen LogP contribution in [0.25, 0.3) is 21.8 Å². The topological polar surface area (TPSA) is 157 Å². The number of nitro groups is 1. The standard InChI is InChI=1S/C18H17N4O7P/c1-3-28-30(27,29-4-2)10-21-14-8-13(22(25)26)15-11(9-19)6-5-7-12(15)16(14)20-17(23)18(21)24/h5-8H,3-4,10H2,1-2H3,(H,20,23). The highest BCUT2D eigenvalue weighted by Crippen LogP contribution is 2.50. The Bertz CT molecular complexity index is 1360. The summed E-state index contributed by atoms with van der Waals surface area (Å²) in [6.45, 7) is 3.24. The van der Waals surface area contributed by atoms with Gasteiger partial charge in [-0.25, -0.2) is 0 Å². The van der Waals surface area contributed by atoms with Crippen LogP contribution < -0.4 is 11.1 Å². The Hall–Kier alpha value is -3.32. The third-order valence-electron chi connectivity index (χ3n) is 4.37. The number of nitro benzene ring substituents is 1. The van der Waals surface area contributed by atoms with E-state index in [0.717, 1.165) is 10.6 Å². The molecule has 0 aliphatic heterocycles. The number of hydrogen-bond donors (Lipinski definition) is 1. The summed E-state index contributed by atoms with van der Waals surface area (Å²) in [7, 11) is -3.82. The maximum atomic E-state index is 13.0. The fraction of sp³-hybridized carbons (Fsp3) is 0.278. The van der Waals surface area contributed by atoms with Crippen molar-refractivity contribution in [2.24, 2.45) is 0 Å². The first-order valence-electron chi connectivity index (χ1n) is 8.91. The van der Waals surface area contributed by atoms with Crippen molar-refractivity contribution in [1.82, 2.24) is 9.55 Å². The molecule has 12 heteroatoms. The summed E-state index contributed by atoms with van der Waals surface area (Å²) < 4.78 is 24.2. The monoisotopic (exact) mass is 432 g/mol. The van der Waals surface area contributed by atoms with E-state index in [0.29, 0.717) is 0 Å². The van der Waals surface area contributed by atoms with Gasteiger partial charge in [0.2, 0.25) is 0 Å². The Morgan fingerprint density at radius 3 is 2.50 bits per heavy atom. The molecule has 0 aliphatic rings. The Kier molecular flexibility index (Phi) is 5.85. The summed E-state index contributed by atoms with van der Waals surface area (Å²) in [5, 5.41) is 21.3. The maximum absolute atomic E-state index is 13.0. The molecule has 0 spiro atoms. The third-order valence-corrected chi connectivity index (χ3v) is 6.30. The van der Waals surface area contributed by atoms with Crippen molar-refractivity contribution < 1.29 is 18.5 Å². The van der Waals surface area contributed by atoms with E-state index in [4.69, 9.17) is 9.05 Å². The van der Waals surface area contributed by atoms with E-state index in [2.05, 4.69) is 4.98 Å². The Labute approximate surface area is 169 Å². The number of aromatic nitrogens is 2. The molecule has 156 valence electrons. The number of nitriles is 1. The number of nitrogens with zero attached hydrogens (tertiary/aromatic N) is 3. The average molecular weight is 432 g/mol. The number of hydrogen-bond acceptors (Lipinski definition) is 8. The van der Waals surface area contributed by atoms with Gasteiger partial charge in [-0.05, 0) is 19.9 Å². The first-order chi connectivity index (χ1) is 14.3. The van der Waals surface area contributed by atoms with Gasteiger partial charge in [0.05, 0.1) is 40.1 Å². The lowest BCUT2D eigenvalue weighted by atomic mass is 10.0. The molecule has 3 rings (SSSR count). The molecule has 0 aliphatic carbocycles. The Morgan fingerprint density at radius 2 is 1.93 bits per heavy atom. The summed E-state index contributed by atoms with van der Waals surface area (Å²) in [5.74, 6) is 0. The van der Waals surface area contributed by atoms with Gasteiger partial charge in [-0.2, -0.15) is 5.26 Å². The number of fused-ring (bicyclic) bond motifs is 3. The lowest BCUT2D eigenvalue weighted by Crippen LogP contribution is -2.36. The SMILES string of the molecule is CCOP(=O)(Cn1c(=O)c(=O)[nH]c2c3cccc(C#N)c3c([N+](=O)[O-])cc21)OCC. The largest absolute Gasteiger partial charge is 0.350 e. The zero-order valence-corrected chi connectivity index (χ0v) is 17.0. The molecule has 30 heavy (non-hydrogen) atoms. The second-order valence-electron chi connectivity index (χ2n) is 6.16. The van der Waals surface area contributed by atoms with Gasteiger partial charge in [0.15, 0.2) is 0 Å². The van der Waals surface area contributed by atoms with Crippen LogP contribution in [0.1, 0.15) is 19.4 Å². The highest BCUT2D eigenvalue weighted by Gasteiger charge is 2.28. The fourth-order valence-corrected chi connectivity index (χ4v) is 4.91. The fourth-order valence-electron chi connectivity index (χ4n) is 3.25. The minimum Gasteiger partial charge on any atom is -0.315 e. The zero-order chi connectivity index (χ0) is 22.1. The van der Waals surface area contributed by atoms with Gasteiger partial charge < -0.3 is 14.0 Å². The van der Waals surface area contributed by atoms with Crippen molar-refractivity contribution in [2.75, 3.05) is 13.2 Å². The Morgan fingerprint density at radius 1 is 1.27 bits per heavy atom. The van der Waals surface area contributed by atoms with Crippen molar-refractivity contribution in [2.45, 2.75) is 20.1 Å². The Balaban J connectivity index is 2.48. The summed E-state index contributed by atoms with van der Waals surface area (Å²) in [6.07, 6.45) is -0.603. The molecule has 0 amide bonds. The van der Waals surface area contributed by atoms with Gasteiger partial charge in [-0.3, -0.25) is 28.8 Å². The molecule has 1 aromatic heterocycles. The number of rotatable bonds is 7. The smallest absolute Gasteiger partial charge is 0.315 e. The number of benzene rings is 2. The lowest BCUT2D eigenvalue weighted by Gasteiger charge is -2.19. The van der Waals surface area contributed by atoms with Crippen LogP contribution in [0.4, 0.5) is 5.69 Å². The number of nitrogens with one attached hydrogen (secondary N) is 1. The van der Waals surface area contributed by atoms with Crippen LogP contribution in [0.5, 0.6) is 0 Å². The molecule has 3 aromatic rings.